The van der Waals surface area contributed by atoms with E-state index < -0.39 is 11.6 Å². The zero-order valence-corrected chi connectivity index (χ0v) is 18.1. The number of aryl methyl sites for hydroxylation is 1. The molecule has 4 aromatic rings. The summed E-state index contributed by atoms with van der Waals surface area (Å²) in [6.45, 7) is 3.66. The average molecular weight is 454 g/mol. The van der Waals surface area contributed by atoms with Crippen molar-refractivity contribution in [3.63, 3.8) is 0 Å². The van der Waals surface area contributed by atoms with E-state index in [1.165, 1.54) is 16.4 Å². The molecule has 4 heterocycles. The van der Waals surface area contributed by atoms with Crippen molar-refractivity contribution in [3.05, 3.63) is 67.1 Å². The van der Waals surface area contributed by atoms with Crippen LogP contribution in [0.3, 0.4) is 0 Å². The number of fused-ring (bicyclic) bond motifs is 3. The Hall–Kier alpha value is -3.24. The fourth-order valence-electron chi connectivity index (χ4n) is 3.41. The molecule has 0 N–H and O–H groups in total. The SMILES string of the molecule is CCOC(=O)c1sc2nc3n(c(=O)c2c1C)N=C(c1cc2ccccc2oc1=O)CS3. The highest BCUT2D eigenvalue weighted by Gasteiger charge is 2.25. The Labute approximate surface area is 183 Å². The van der Waals surface area contributed by atoms with E-state index in [1.807, 2.05) is 12.1 Å². The lowest BCUT2D eigenvalue weighted by molar-refractivity contribution is 0.0531. The molecule has 156 valence electrons. The van der Waals surface area contributed by atoms with Gasteiger partial charge in [-0.05, 0) is 31.5 Å². The van der Waals surface area contributed by atoms with Crippen LogP contribution in [0.4, 0.5) is 0 Å². The molecule has 0 aliphatic carbocycles. The fraction of sp³-hybridized carbons (Fsp3) is 0.190. The minimum atomic E-state index is -0.514. The maximum Gasteiger partial charge on any atom is 0.348 e. The molecule has 31 heavy (non-hydrogen) atoms. The first-order chi connectivity index (χ1) is 15.0. The molecule has 0 fully saturated rings. The summed E-state index contributed by atoms with van der Waals surface area (Å²) in [6.07, 6.45) is 0. The third kappa shape index (κ3) is 3.19. The maximum atomic E-state index is 13.2. The van der Waals surface area contributed by atoms with Crippen molar-refractivity contribution in [2.45, 2.75) is 19.0 Å². The first kappa shape index (κ1) is 19.7. The lowest BCUT2D eigenvalue weighted by Crippen LogP contribution is -2.28. The zero-order valence-electron chi connectivity index (χ0n) is 16.5. The molecule has 0 amide bonds. The summed E-state index contributed by atoms with van der Waals surface area (Å²) in [5.74, 6) is -0.119. The van der Waals surface area contributed by atoms with Gasteiger partial charge in [-0.25, -0.2) is 14.6 Å². The second kappa shape index (κ2) is 7.47. The van der Waals surface area contributed by atoms with Crippen molar-refractivity contribution in [1.82, 2.24) is 9.66 Å². The number of benzene rings is 1. The molecule has 0 bridgehead atoms. The van der Waals surface area contributed by atoms with Gasteiger partial charge in [-0.15, -0.1) is 11.3 Å². The van der Waals surface area contributed by atoms with Crippen LogP contribution in [0.1, 0.15) is 27.7 Å². The molecule has 0 saturated carbocycles. The monoisotopic (exact) mass is 453 g/mol. The summed E-state index contributed by atoms with van der Waals surface area (Å²) in [4.78, 5) is 43.3. The molecule has 0 radical (unpaired) electrons. The molecule has 1 aliphatic heterocycles. The Balaban J connectivity index is 1.68. The van der Waals surface area contributed by atoms with E-state index in [0.29, 0.717) is 48.4 Å². The van der Waals surface area contributed by atoms with Gasteiger partial charge in [0, 0.05) is 11.1 Å². The molecule has 0 unspecified atom stereocenters. The van der Waals surface area contributed by atoms with Crippen LogP contribution < -0.4 is 11.2 Å². The second-order valence-electron chi connectivity index (χ2n) is 6.79. The van der Waals surface area contributed by atoms with Crippen molar-refractivity contribution >= 4 is 56.0 Å². The summed E-state index contributed by atoms with van der Waals surface area (Å²) in [6, 6.07) is 8.93. The van der Waals surface area contributed by atoms with E-state index in [2.05, 4.69) is 10.1 Å². The second-order valence-corrected chi connectivity index (χ2v) is 8.73. The summed E-state index contributed by atoms with van der Waals surface area (Å²) in [7, 11) is 0. The van der Waals surface area contributed by atoms with E-state index in [0.717, 1.165) is 16.7 Å². The average Bonchev–Trinajstić information content (AvgIpc) is 3.10. The van der Waals surface area contributed by atoms with Crippen molar-refractivity contribution in [1.29, 1.82) is 0 Å². The number of hydrogen-bond acceptors (Lipinski definition) is 9. The molecular formula is C21H15N3O5S2. The van der Waals surface area contributed by atoms with Gasteiger partial charge >= 0.3 is 11.6 Å². The number of para-hydroxylation sites is 1. The largest absolute Gasteiger partial charge is 0.462 e. The number of ether oxygens (including phenoxy) is 1. The van der Waals surface area contributed by atoms with Crippen molar-refractivity contribution in [2.75, 3.05) is 12.4 Å². The van der Waals surface area contributed by atoms with Crippen LogP contribution in [0.15, 0.2) is 54.6 Å². The maximum absolute atomic E-state index is 13.2. The molecule has 0 saturated heterocycles. The number of nitrogens with zero attached hydrogens (tertiary/aromatic N) is 3. The van der Waals surface area contributed by atoms with Crippen LogP contribution in [-0.2, 0) is 4.74 Å². The Kier molecular flexibility index (Phi) is 4.75. The third-order valence-electron chi connectivity index (χ3n) is 4.88. The summed E-state index contributed by atoms with van der Waals surface area (Å²) < 4.78 is 11.7. The molecule has 10 heteroatoms. The van der Waals surface area contributed by atoms with E-state index in [1.54, 1.807) is 32.0 Å². The number of thioether (sulfide) groups is 1. The normalized spacial score (nSPS) is 13.3. The predicted octanol–water partition coefficient (Wildman–Crippen LogP) is 3.41. The number of carbonyl (C=O) groups excluding carboxylic acids is 1. The summed E-state index contributed by atoms with van der Waals surface area (Å²) in [5.41, 5.74) is 0.835. The van der Waals surface area contributed by atoms with Gasteiger partial charge in [0.15, 0.2) is 5.16 Å². The number of aromatic nitrogens is 2. The number of rotatable bonds is 3. The van der Waals surface area contributed by atoms with Crippen LogP contribution in [0.2, 0.25) is 0 Å². The molecule has 5 rings (SSSR count). The third-order valence-corrected chi connectivity index (χ3v) is 6.99. The van der Waals surface area contributed by atoms with E-state index in [9.17, 15) is 14.4 Å². The molecular weight excluding hydrogens is 438 g/mol. The number of carbonyl (C=O) groups is 1. The van der Waals surface area contributed by atoms with Gasteiger partial charge in [0.25, 0.3) is 5.56 Å². The lowest BCUT2D eigenvalue weighted by Gasteiger charge is -2.15. The Morgan fingerprint density at radius 1 is 1.29 bits per heavy atom. The van der Waals surface area contributed by atoms with E-state index in [4.69, 9.17) is 9.15 Å². The van der Waals surface area contributed by atoms with Gasteiger partial charge in [-0.3, -0.25) is 4.79 Å². The molecule has 1 aromatic carbocycles. The Morgan fingerprint density at radius 3 is 2.90 bits per heavy atom. The van der Waals surface area contributed by atoms with Crippen molar-refractivity contribution in [3.8, 4) is 0 Å². The van der Waals surface area contributed by atoms with Crippen LogP contribution in [0.25, 0.3) is 21.2 Å². The number of esters is 1. The highest BCUT2D eigenvalue weighted by Crippen LogP contribution is 2.31. The molecule has 0 spiro atoms. The van der Waals surface area contributed by atoms with Crippen molar-refractivity contribution < 1.29 is 13.9 Å². The van der Waals surface area contributed by atoms with Gasteiger partial charge in [0.05, 0.1) is 23.3 Å². The number of thiophene rings is 1. The summed E-state index contributed by atoms with van der Waals surface area (Å²) >= 11 is 2.43. The van der Waals surface area contributed by atoms with Gasteiger partial charge in [-0.2, -0.15) is 9.78 Å². The number of hydrogen-bond donors (Lipinski definition) is 0. The van der Waals surface area contributed by atoms with E-state index in [-0.39, 0.29) is 12.2 Å². The minimum absolute atomic E-state index is 0.243. The van der Waals surface area contributed by atoms with Gasteiger partial charge in [0.1, 0.15) is 15.3 Å². The minimum Gasteiger partial charge on any atom is -0.462 e. The predicted molar refractivity (Wildman–Crippen MR) is 120 cm³/mol. The molecule has 8 nitrogen and oxygen atoms in total. The van der Waals surface area contributed by atoms with Crippen LogP contribution >= 0.6 is 23.1 Å². The first-order valence-corrected chi connectivity index (χ1v) is 11.2. The zero-order chi connectivity index (χ0) is 21.7. The van der Waals surface area contributed by atoms with E-state index >= 15 is 0 Å². The Bertz CT molecular complexity index is 1530. The van der Waals surface area contributed by atoms with Crippen molar-refractivity contribution in [2.24, 2.45) is 5.10 Å². The smallest absolute Gasteiger partial charge is 0.348 e. The highest BCUT2D eigenvalue weighted by molar-refractivity contribution is 7.99. The lowest BCUT2D eigenvalue weighted by atomic mass is 10.1. The quantitative estimate of drug-likeness (QED) is 0.266. The topological polar surface area (TPSA) is 104 Å². The Morgan fingerprint density at radius 2 is 2.10 bits per heavy atom. The van der Waals surface area contributed by atoms with Crippen LogP contribution in [0, 0.1) is 6.92 Å². The first-order valence-electron chi connectivity index (χ1n) is 9.45. The highest BCUT2D eigenvalue weighted by atomic mass is 32.2. The standard InChI is InChI=1S/C21H15N3O5S2/c1-3-28-20(27)16-10(2)15-17(31-16)22-21-24(18(15)25)23-13(9-30-21)12-8-11-6-4-5-7-14(11)29-19(12)26/h4-8H,3,9H2,1-2H3. The van der Waals surface area contributed by atoms with Crippen LogP contribution in [-0.4, -0.2) is 33.7 Å². The fourth-order valence-corrected chi connectivity index (χ4v) is 5.41. The molecule has 0 atom stereocenters. The molecule has 3 aromatic heterocycles. The van der Waals surface area contributed by atoms with Crippen LogP contribution in [0.5, 0.6) is 0 Å². The van der Waals surface area contributed by atoms with Gasteiger partial charge in [0.2, 0.25) is 0 Å². The van der Waals surface area contributed by atoms with Gasteiger partial charge < -0.3 is 9.15 Å². The summed E-state index contributed by atoms with van der Waals surface area (Å²) in [5, 5.41) is 5.93. The van der Waals surface area contributed by atoms with Gasteiger partial charge in [-0.1, -0.05) is 30.0 Å². The molecule has 1 aliphatic rings.